The maximum absolute atomic E-state index is 5.52. The van der Waals surface area contributed by atoms with Crippen molar-refractivity contribution in [3.8, 4) is 5.75 Å². The lowest BCUT2D eigenvalue weighted by molar-refractivity contribution is 0.184. The van der Waals surface area contributed by atoms with E-state index in [9.17, 15) is 0 Å². The molecule has 0 amide bonds. The van der Waals surface area contributed by atoms with Crippen molar-refractivity contribution in [2.24, 2.45) is 0 Å². The highest BCUT2D eigenvalue weighted by molar-refractivity contribution is 5.42. The predicted molar refractivity (Wildman–Crippen MR) is 88.2 cm³/mol. The second-order valence-electron chi connectivity index (χ2n) is 7.15. The van der Waals surface area contributed by atoms with Crippen LogP contribution in [0.3, 0.4) is 0 Å². The van der Waals surface area contributed by atoms with Crippen molar-refractivity contribution in [3.63, 3.8) is 0 Å². The summed E-state index contributed by atoms with van der Waals surface area (Å²) < 4.78 is 5.52. The lowest BCUT2D eigenvalue weighted by Gasteiger charge is -2.43. The zero-order valence-corrected chi connectivity index (χ0v) is 13.8. The lowest BCUT2D eigenvalue weighted by Crippen LogP contribution is -2.41. The van der Waals surface area contributed by atoms with Crippen LogP contribution in [0.1, 0.15) is 56.6 Å². The number of fused-ring (bicyclic) bond motifs is 2. The summed E-state index contributed by atoms with van der Waals surface area (Å²) in [5, 5.41) is 0. The highest BCUT2D eigenvalue weighted by Crippen LogP contribution is 2.45. The molecule has 1 saturated carbocycles. The van der Waals surface area contributed by atoms with Crippen LogP contribution in [0.2, 0.25) is 0 Å². The molecule has 116 valence electrons. The third-order valence-electron chi connectivity index (χ3n) is 5.91. The summed E-state index contributed by atoms with van der Waals surface area (Å²) in [5.41, 5.74) is 3.55. The van der Waals surface area contributed by atoms with E-state index in [0.717, 1.165) is 12.2 Å². The Morgan fingerprint density at radius 3 is 2.62 bits per heavy atom. The van der Waals surface area contributed by atoms with Gasteiger partial charge in [0, 0.05) is 6.04 Å². The van der Waals surface area contributed by atoms with Crippen LogP contribution in [0, 0.1) is 0 Å². The van der Waals surface area contributed by atoms with Crippen LogP contribution >= 0.6 is 0 Å². The molecule has 2 nitrogen and oxygen atoms in total. The molecule has 1 aromatic carbocycles. The molecule has 1 aromatic rings. The summed E-state index contributed by atoms with van der Waals surface area (Å²) in [6.45, 7) is 3.57. The third kappa shape index (κ3) is 2.83. The maximum atomic E-state index is 5.52. The highest BCUT2D eigenvalue weighted by atomic mass is 16.5. The number of benzene rings is 1. The van der Waals surface area contributed by atoms with Gasteiger partial charge in [-0.15, -0.1) is 0 Å². The van der Waals surface area contributed by atoms with Crippen molar-refractivity contribution >= 4 is 0 Å². The van der Waals surface area contributed by atoms with Gasteiger partial charge in [-0.2, -0.15) is 0 Å². The van der Waals surface area contributed by atoms with E-state index in [1.165, 1.54) is 45.1 Å². The molecule has 0 bridgehead atoms. The quantitative estimate of drug-likeness (QED) is 0.769. The number of methoxy groups -OCH3 is 1. The maximum Gasteiger partial charge on any atom is 0.119 e. The van der Waals surface area contributed by atoms with Crippen LogP contribution in [0.5, 0.6) is 5.75 Å². The Balaban J connectivity index is 2.06. The van der Waals surface area contributed by atoms with E-state index < -0.39 is 0 Å². The molecule has 0 unspecified atom stereocenters. The number of hydrogen-bond donors (Lipinski definition) is 0. The number of likely N-dealkylation sites (N-methyl/N-ethyl adjacent to an activating group) is 1. The molecule has 1 atom stereocenters. The van der Waals surface area contributed by atoms with Crippen LogP contribution < -0.4 is 4.74 Å². The molecule has 1 aliphatic heterocycles. The smallest absolute Gasteiger partial charge is 0.119 e. The van der Waals surface area contributed by atoms with Gasteiger partial charge < -0.3 is 9.64 Å². The van der Waals surface area contributed by atoms with Crippen LogP contribution in [-0.2, 0) is 11.8 Å². The normalized spacial score (nSPS) is 26.0. The van der Waals surface area contributed by atoms with Gasteiger partial charge in [-0.05, 0) is 74.9 Å². The third-order valence-corrected chi connectivity index (χ3v) is 5.91. The summed E-state index contributed by atoms with van der Waals surface area (Å²) in [5.74, 6) is 1.03. The minimum atomic E-state index is 0.399. The van der Waals surface area contributed by atoms with E-state index in [2.05, 4.69) is 37.1 Å². The summed E-state index contributed by atoms with van der Waals surface area (Å²) in [7, 11) is 4.07. The van der Waals surface area contributed by atoms with Gasteiger partial charge in [0.15, 0.2) is 0 Å². The fraction of sp³-hybridized carbons (Fsp3) is 0.684. The molecule has 2 aliphatic rings. The van der Waals surface area contributed by atoms with Gasteiger partial charge in [-0.1, -0.05) is 25.3 Å². The largest absolute Gasteiger partial charge is 0.497 e. The van der Waals surface area contributed by atoms with E-state index in [0.29, 0.717) is 11.5 Å². The summed E-state index contributed by atoms with van der Waals surface area (Å²) in [6, 6.07) is 7.43. The van der Waals surface area contributed by atoms with Crippen molar-refractivity contribution < 1.29 is 4.74 Å². The Kier molecular flexibility index (Phi) is 4.26. The van der Waals surface area contributed by atoms with E-state index in [1.807, 2.05) is 0 Å². The van der Waals surface area contributed by atoms with E-state index in [-0.39, 0.29) is 0 Å². The SMILES string of the molecule is COc1ccc2c(c1)C1(CCCCC1)CCN(C)[C@@H](C)C2. The van der Waals surface area contributed by atoms with Gasteiger partial charge in [0.05, 0.1) is 7.11 Å². The van der Waals surface area contributed by atoms with Crippen molar-refractivity contribution in [1.29, 1.82) is 0 Å². The molecule has 0 aromatic heterocycles. The number of rotatable bonds is 1. The summed E-state index contributed by atoms with van der Waals surface area (Å²) >= 11 is 0. The lowest BCUT2D eigenvalue weighted by atomic mass is 9.65. The second kappa shape index (κ2) is 6.00. The van der Waals surface area contributed by atoms with Gasteiger partial charge in [0.25, 0.3) is 0 Å². The fourth-order valence-corrected chi connectivity index (χ4v) is 4.32. The van der Waals surface area contributed by atoms with Gasteiger partial charge in [0.2, 0.25) is 0 Å². The molecule has 0 radical (unpaired) electrons. The van der Waals surface area contributed by atoms with Crippen LogP contribution in [0.25, 0.3) is 0 Å². The Labute approximate surface area is 129 Å². The molecular formula is C19H29NO. The molecule has 1 spiro atoms. The van der Waals surface area contributed by atoms with Crippen LogP contribution in [-0.4, -0.2) is 31.6 Å². The predicted octanol–water partition coefficient (Wildman–Crippen LogP) is 4.16. The first kappa shape index (κ1) is 14.9. The van der Waals surface area contributed by atoms with Gasteiger partial charge in [0.1, 0.15) is 5.75 Å². The first-order valence-corrected chi connectivity index (χ1v) is 8.52. The summed E-state index contributed by atoms with van der Waals surface area (Å²) in [4.78, 5) is 2.55. The Bertz CT molecular complexity index is 490. The van der Waals surface area contributed by atoms with Crippen LogP contribution in [0.4, 0.5) is 0 Å². The first-order valence-electron chi connectivity index (χ1n) is 8.52. The standard InChI is InChI=1S/C19H29NO/c1-15-13-16-7-8-17(21-3)14-18(16)19(11-12-20(15)2)9-5-4-6-10-19/h7-8,14-15H,4-6,9-13H2,1-3H3/t15-/m0/s1. The van der Waals surface area contributed by atoms with E-state index in [1.54, 1.807) is 18.2 Å². The van der Waals surface area contributed by atoms with Gasteiger partial charge in [-0.25, -0.2) is 0 Å². The molecule has 0 saturated heterocycles. The Morgan fingerprint density at radius 1 is 1.14 bits per heavy atom. The Hall–Kier alpha value is -1.02. The molecule has 1 heterocycles. The van der Waals surface area contributed by atoms with Crippen molar-refractivity contribution in [3.05, 3.63) is 29.3 Å². The van der Waals surface area contributed by atoms with Crippen molar-refractivity contribution in [2.45, 2.75) is 63.3 Å². The Morgan fingerprint density at radius 2 is 1.90 bits per heavy atom. The molecule has 0 N–H and O–H groups in total. The number of hydrogen-bond acceptors (Lipinski definition) is 2. The number of ether oxygens (including phenoxy) is 1. The summed E-state index contributed by atoms with van der Waals surface area (Å²) in [6.07, 6.45) is 9.36. The second-order valence-corrected chi connectivity index (χ2v) is 7.15. The zero-order valence-electron chi connectivity index (χ0n) is 13.8. The minimum Gasteiger partial charge on any atom is -0.497 e. The molecule has 1 aliphatic carbocycles. The molecule has 21 heavy (non-hydrogen) atoms. The highest BCUT2D eigenvalue weighted by Gasteiger charge is 2.37. The number of nitrogens with zero attached hydrogens (tertiary/aromatic N) is 1. The van der Waals surface area contributed by atoms with Gasteiger partial charge in [-0.3, -0.25) is 0 Å². The average Bonchev–Trinajstić information content (AvgIpc) is 2.53. The fourth-order valence-electron chi connectivity index (χ4n) is 4.32. The molecular weight excluding hydrogens is 258 g/mol. The van der Waals surface area contributed by atoms with E-state index in [4.69, 9.17) is 4.74 Å². The molecule has 3 rings (SSSR count). The van der Waals surface area contributed by atoms with Gasteiger partial charge >= 0.3 is 0 Å². The van der Waals surface area contributed by atoms with Crippen molar-refractivity contribution in [1.82, 2.24) is 4.90 Å². The van der Waals surface area contributed by atoms with E-state index >= 15 is 0 Å². The average molecular weight is 287 g/mol. The monoisotopic (exact) mass is 287 g/mol. The van der Waals surface area contributed by atoms with Crippen molar-refractivity contribution in [2.75, 3.05) is 20.7 Å². The van der Waals surface area contributed by atoms with Crippen LogP contribution in [0.15, 0.2) is 18.2 Å². The molecule has 1 fully saturated rings. The minimum absolute atomic E-state index is 0.399. The topological polar surface area (TPSA) is 12.5 Å². The molecule has 2 heteroatoms. The zero-order chi connectivity index (χ0) is 14.9. The first-order chi connectivity index (χ1) is 10.1.